The first-order chi connectivity index (χ1) is 18.3. The van der Waals surface area contributed by atoms with Gasteiger partial charge in [0.05, 0.1) is 16.9 Å². The molecule has 8 nitrogen and oxygen atoms in total. The number of hydrogen-bond donors (Lipinski definition) is 2. The maximum absolute atomic E-state index is 14.7. The highest BCUT2D eigenvalue weighted by molar-refractivity contribution is 6.30. The van der Waals surface area contributed by atoms with Crippen molar-refractivity contribution in [2.45, 2.75) is 38.0 Å². The third-order valence-electron chi connectivity index (χ3n) is 6.79. The second-order valence-corrected chi connectivity index (χ2v) is 9.86. The molecule has 6 rings (SSSR count). The van der Waals surface area contributed by atoms with Crippen LogP contribution >= 0.6 is 11.6 Å². The van der Waals surface area contributed by atoms with E-state index < -0.39 is 17.5 Å². The highest BCUT2D eigenvalue weighted by atomic mass is 35.5. The average Bonchev–Trinajstić information content (AvgIpc) is 3.65. The van der Waals surface area contributed by atoms with Gasteiger partial charge in [-0.3, -0.25) is 4.79 Å². The van der Waals surface area contributed by atoms with Crippen molar-refractivity contribution in [2.75, 3.05) is 0 Å². The minimum absolute atomic E-state index is 0.0211. The first kappa shape index (κ1) is 24.2. The number of H-pyrrole nitrogens is 1. The monoisotopic (exact) mass is 533 g/mol. The highest BCUT2D eigenvalue weighted by Crippen LogP contribution is 2.33. The number of halogens is 3. The fourth-order valence-electron chi connectivity index (χ4n) is 4.95. The molecule has 1 aliphatic carbocycles. The standard InChI is InChI=1S/C27H22ClF2N7O/c28-20-11-19(5-6-21(20)30)37-13-17(12-32-37)16-7-14(8-18(29)10-16)9-22-33-23(25(31)38)24-27(34-22)36-26(35-24)15-3-1-2-4-15/h5-8,10-13,15H,1-4,9H2,(H2,31,38)(H,33,34,35,36). The molecule has 3 N–H and O–H groups in total. The van der Waals surface area contributed by atoms with Crippen LogP contribution < -0.4 is 5.73 Å². The van der Waals surface area contributed by atoms with Crippen molar-refractivity contribution < 1.29 is 13.6 Å². The van der Waals surface area contributed by atoms with Crippen molar-refractivity contribution in [1.29, 1.82) is 0 Å². The Morgan fingerprint density at radius 2 is 1.89 bits per heavy atom. The number of amides is 1. The van der Waals surface area contributed by atoms with Gasteiger partial charge in [0.25, 0.3) is 5.91 Å². The summed E-state index contributed by atoms with van der Waals surface area (Å²) in [4.78, 5) is 29.0. The van der Waals surface area contributed by atoms with Crippen LogP contribution in [0.5, 0.6) is 0 Å². The van der Waals surface area contributed by atoms with Gasteiger partial charge in [-0.2, -0.15) is 5.10 Å². The molecule has 2 aromatic carbocycles. The van der Waals surface area contributed by atoms with Crippen molar-refractivity contribution in [2.24, 2.45) is 5.73 Å². The lowest BCUT2D eigenvalue weighted by Crippen LogP contribution is -2.16. The summed E-state index contributed by atoms with van der Waals surface area (Å²) in [6.07, 6.45) is 7.78. The Morgan fingerprint density at radius 3 is 2.66 bits per heavy atom. The van der Waals surface area contributed by atoms with Crippen molar-refractivity contribution in [1.82, 2.24) is 29.7 Å². The Morgan fingerprint density at radius 1 is 1.08 bits per heavy atom. The first-order valence-electron chi connectivity index (χ1n) is 12.2. The number of hydrogen-bond acceptors (Lipinski definition) is 5. The van der Waals surface area contributed by atoms with E-state index >= 15 is 0 Å². The van der Waals surface area contributed by atoms with Crippen LogP contribution in [0.2, 0.25) is 5.02 Å². The summed E-state index contributed by atoms with van der Waals surface area (Å²) in [7, 11) is 0. The molecule has 38 heavy (non-hydrogen) atoms. The maximum atomic E-state index is 14.7. The number of carbonyl (C=O) groups excluding carboxylic acids is 1. The second kappa shape index (κ2) is 9.60. The maximum Gasteiger partial charge on any atom is 0.269 e. The van der Waals surface area contributed by atoms with Gasteiger partial charge < -0.3 is 10.7 Å². The Labute approximate surface area is 220 Å². The number of carbonyl (C=O) groups is 1. The molecule has 192 valence electrons. The van der Waals surface area contributed by atoms with Gasteiger partial charge in [0, 0.05) is 24.1 Å². The molecule has 1 aliphatic rings. The van der Waals surface area contributed by atoms with Gasteiger partial charge in [0.1, 0.15) is 28.8 Å². The fraction of sp³-hybridized carbons (Fsp3) is 0.222. The molecular formula is C27H22ClF2N7O. The molecule has 3 aromatic heterocycles. The van der Waals surface area contributed by atoms with Crippen LogP contribution in [0.15, 0.2) is 48.8 Å². The molecule has 1 saturated carbocycles. The Bertz CT molecular complexity index is 1690. The molecule has 0 aliphatic heterocycles. The number of benzene rings is 2. The molecule has 0 saturated heterocycles. The molecular weight excluding hydrogens is 512 g/mol. The lowest BCUT2D eigenvalue weighted by Gasteiger charge is -2.06. The number of primary amides is 1. The smallest absolute Gasteiger partial charge is 0.269 e. The van der Waals surface area contributed by atoms with E-state index in [1.165, 1.54) is 28.9 Å². The van der Waals surface area contributed by atoms with Crippen molar-refractivity contribution in [3.63, 3.8) is 0 Å². The molecule has 0 atom stereocenters. The third kappa shape index (κ3) is 4.63. The fourth-order valence-corrected chi connectivity index (χ4v) is 5.13. The lowest BCUT2D eigenvalue weighted by atomic mass is 10.0. The van der Waals surface area contributed by atoms with Gasteiger partial charge >= 0.3 is 0 Å². The van der Waals surface area contributed by atoms with E-state index in [4.69, 9.17) is 17.3 Å². The minimum atomic E-state index is -0.687. The number of nitrogens with two attached hydrogens (primary N) is 1. The van der Waals surface area contributed by atoms with Gasteiger partial charge in [-0.1, -0.05) is 30.5 Å². The lowest BCUT2D eigenvalue weighted by molar-refractivity contribution is 0.0996. The van der Waals surface area contributed by atoms with E-state index in [0.29, 0.717) is 45.3 Å². The molecule has 0 spiro atoms. The molecule has 0 bridgehead atoms. The largest absolute Gasteiger partial charge is 0.364 e. The van der Waals surface area contributed by atoms with Gasteiger partial charge in [-0.05, 0) is 54.3 Å². The third-order valence-corrected chi connectivity index (χ3v) is 7.08. The molecule has 1 fully saturated rings. The van der Waals surface area contributed by atoms with Crippen LogP contribution in [0.4, 0.5) is 8.78 Å². The molecule has 1 amide bonds. The number of nitrogens with zero attached hydrogens (tertiary/aromatic N) is 5. The second-order valence-electron chi connectivity index (χ2n) is 9.45. The molecule has 0 unspecified atom stereocenters. The zero-order valence-corrected chi connectivity index (χ0v) is 20.8. The summed E-state index contributed by atoms with van der Waals surface area (Å²) in [6, 6.07) is 8.84. The van der Waals surface area contributed by atoms with E-state index in [2.05, 4.69) is 25.0 Å². The van der Waals surface area contributed by atoms with Crippen LogP contribution in [0.3, 0.4) is 0 Å². The number of aromatic amines is 1. The van der Waals surface area contributed by atoms with Crippen LogP contribution in [0.1, 0.15) is 59.3 Å². The number of rotatable bonds is 6. The van der Waals surface area contributed by atoms with E-state index in [-0.39, 0.29) is 17.1 Å². The summed E-state index contributed by atoms with van der Waals surface area (Å²) in [6.45, 7) is 0. The molecule has 5 aromatic rings. The van der Waals surface area contributed by atoms with E-state index in [1.807, 2.05) is 0 Å². The van der Waals surface area contributed by atoms with Crippen LogP contribution in [0, 0.1) is 11.6 Å². The van der Waals surface area contributed by atoms with E-state index in [9.17, 15) is 13.6 Å². The molecule has 0 radical (unpaired) electrons. The highest BCUT2D eigenvalue weighted by Gasteiger charge is 2.23. The summed E-state index contributed by atoms with van der Waals surface area (Å²) < 4.78 is 29.7. The van der Waals surface area contributed by atoms with Gasteiger partial charge in [0.15, 0.2) is 11.3 Å². The van der Waals surface area contributed by atoms with Crippen LogP contribution in [-0.4, -0.2) is 35.6 Å². The first-order valence-corrected chi connectivity index (χ1v) is 12.6. The quantitative estimate of drug-likeness (QED) is 0.300. The zero-order chi connectivity index (χ0) is 26.4. The number of imidazole rings is 1. The van der Waals surface area contributed by atoms with Crippen LogP contribution in [-0.2, 0) is 6.42 Å². The van der Waals surface area contributed by atoms with E-state index in [0.717, 1.165) is 31.5 Å². The summed E-state index contributed by atoms with van der Waals surface area (Å²) in [5.41, 5.74) is 8.88. The number of aromatic nitrogens is 6. The summed E-state index contributed by atoms with van der Waals surface area (Å²) in [5, 5.41) is 4.28. The normalized spacial score (nSPS) is 14.0. The van der Waals surface area contributed by atoms with Gasteiger partial charge in [-0.15, -0.1) is 0 Å². The summed E-state index contributed by atoms with van der Waals surface area (Å²) in [5.74, 6) is -0.265. The van der Waals surface area contributed by atoms with E-state index in [1.54, 1.807) is 24.5 Å². The topological polar surface area (TPSA) is 115 Å². The zero-order valence-electron chi connectivity index (χ0n) is 20.1. The molecule has 3 heterocycles. The Hall–Kier alpha value is -4.18. The average molecular weight is 534 g/mol. The van der Waals surface area contributed by atoms with Gasteiger partial charge in [-0.25, -0.2) is 28.4 Å². The SMILES string of the molecule is NC(=O)c1nc(Cc2cc(F)cc(-c3cnn(-c4ccc(F)c(Cl)c4)c3)c2)nc2nc(C3CCCC3)[nH]c12. The van der Waals surface area contributed by atoms with Crippen LogP contribution in [0.25, 0.3) is 28.0 Å². The molecule has 11 heteroatoms. The number of fused-ring (bicyclic) bond motifs is 1. The van der Waals surface area contributed by atoms with Crippen molar-refractivity contribution >= 4 is 28.7 Å². The minimum Gasteiger partial charge on any atom is -0.364 e. The van der Waals surface area contributed by atoms with Crippen molar-refractivity contribution in [3.8, 4) is 16.8 Å². The predicted octanol–water partition coefficient (Wildman–Crippen LogP) is 5.48. The Kier molecular flexibility index (Phi) is 6.11. The van der Waals surface area contributed by atoms with Gasteiger partial charge in [0.2, 0.25) is 0 Å². The predicted molar refractivity (Wildman–Crippen MR) is 138 cm³/mol. The summed E-state index contributed by atoms with van der Waals surface area (Å²) >= 11 is 5.89. The van der Waals surface area contributed by atoms with Crippen molar-refractivity contribution in [3.05, 3.63) is 88.4 Å². The Balaban J connectivity index is 1.32. The number of nitrogens with one attached hydrogen (secondary N) is 1.